The highest BCUT2D eigenvalue weighted by molar-refractivity contribution is 7.52. The van der Waals surface area contributed by atoms with E-state index in [1.54, 1.807) is 53.6 Å². The van der Waals surface area contributed by atoms with Crippen molar-refractivity contribution in [1.82, 2.24) is 24.6 Å². The number of imidazole rings is 1. The maximum absolute atomic E-state index is 13.7. The van der Waals surface area contributed by atoms with Gasteiger partial charge in [-0.2, -0.15) is 15.1 Å². The number of aromatic nitrogens is 4. The Kier molecular flexibility index (Phi) is 8.50. The summed E-state index contributed by atoms with van der Waals surface area (Å²) < 4.78 is 38.0. The first-order valence-corrected chi connectivity index (χ1v) is 13.9. The number of nitrogen functional groups attached to an aromatic ring is 1. The number of esters is 1. The van der Waals surface area contributed by atoms with Gasteiger partial charge in [0.15, 0.2) is 23.2 Å². The van der Waals surface area contributed by atoms with E-state index in [1.165, 1.54) is 13.3 Å². The van der Waals surface area contributed by atoms with E-state index in [0.29, 0.717) is 17.0 Å². The van der Waals surface area contributed by atoms with Crippen LogP contribution < -0.4 is 20.2 Å². The number of nitrogens with one attached hydrogen (secondary N) is 2. The molecule has 0 amide bonds. The molecule has 0 saturated carbocycles. The molecule has 0 aliphatic carbocycles. The van der Waals surface area contributed by atoms with Crippen molar-refractivity contribution in [3.05, 3.63) is 36.7 Å². The summed E-state index contributed by atoms with van der Waals surface area (Å²) >= 11 is 0. The number of anilines is 2. The van der Waals surface area contributed by atoms with Gasteiger partial charge in [-0.05, 0) is 32.9 Å². The molecule has 0 radical (unpaired) electrons. The van der Waals surface area contributed by atoms with Crippen molar-refractivity contribution in [1.29, 1.82) is 5.41 Å². The van der Waals surface area contributed by atoms with Crippen LogP contribution in [0.2, 0.25) is 0 Å². The summed E-state index contributed by atoms with van der Waals surface area (Å²) in [6.45, 7) is 4.76. The lowest BCUT2D eigenvalue weighted by Gasteiger charge is -2.24. The van der Waals surface area contributed by atoms with Gasteiger partial charge in [0.25, 0.3) is 0 Å². The molecule has 4 atom stereocenters. The molecule has 3 aromatic rings. The molecule has 0 spiro atoms. The van der Waals surface area contributed by atoms with Crippen LogP contribution in [0.15, 0.2) is 36.7 Å². The zero-order chi connectivity index (χ0) is 28.3. The first kappa shape index (κ1) is 28.4. The fourth-order valence-electron chi connectivity index (χ4n) is 3.91. The summed E-state index contributed by atoms with van der Waals surface area (Å²) in [5.41, 5.74) is 7.08. The molecular formula is C24H33N8O6P. The molecule has 14 nitrogen and oxygen atoms in total. The van der Waals surface area contributed by atoms with Gasteiger partial charge in [-0.25, -0.2) is 9.55 Å². The van der Waals surface area contributed by atoms with Crippen LogP contribution in [0.4, 0.5) is 11.8 Å². The molecule has 210 valence electrons. The number of rotatable bonds is 11. The van der Waals surface area contributed by atoms with Crippen LogP contribution in [0.25, 0.3) is 11.2 Å². The van der Waals surface area contributed by atoms with Gasteiger partial charge in [0.1, 0.15) is 11.8 Å². The van der Waals surface area contributed by atoms with E-state index < -0.39 is 32.1 Å². The van der Waals surface area contributed by atoms with Gasteiger partial charge >= 0.3 is 13.7 Å². The molecule has 2 aromatic heterocycles. The molecule has 1 aliphatic rings. The molecular weight excluding hydrogens is 527 g/mol. The van der Waals surface area contributed by atoms with Gasteiger partial charge in [0, 0.05) is 20.5 Å². The van der Waals surface area contributed by atoms with Gasteiger partial charge < -0.3 is 30.0 Å². The molecule has 1 aromatic carbocycles. The fraction of sp³-hybridized carbons (Fsp3) is 0.458. The first-order chi connectivity index (χ1) is 18.5. The van der Waals surface area contributed by atoms with E-state index in [-0.39, 0.29) is 36.5 Å². The van der Waals surface area contributed by atoms with Crippen LogP contribution >= 0.6 is 7.75 Å². The molecule has 4 N–H and O–H groups in total. The third-order valence-electron chi connectivity index (χ3n) is 5.62. The average Bonchev–Trinajstić information content (AvgIpc) is 3.45. The highest BCUT2D eigenvalue weighted by Crippen LogP contribution is 2.46. The van der Waals surface area contributed by atoms with Gasteiger partial charge in [-0.1, -0.05) is 18.2 Å². The van der Waals surface area contributed by atoms with E-state index in [4.69, 9.17) is 29.7 Å². The summed E-state index contributed by atoms with van der Waals surface area (Å²) in [5.74, 6) is 0.285. The Labute approximate surface area is 225 Å². The van der Waals surface area contributed by atoms with Crippen molar-refractivity contribution in [2.45, 2.75) is 51.7 Å². The van der Waals surface area contributed by atoms with E-state index in [2.05, 4.69) is 20.0 Å². The maximum atomic E-state index is 13.7. The number of hydrogen-bond donors (Lipinski definition) is 3. The lowest BCUT2D eigenvalue weighted by molar-refractivity contribution is -0.149. The molecule has 1 fully saturated rings. The SMILES string of the molecule is CC(C)OC(=O)[C@H](C)NP(=O)(OC[C@@H]1CC(=N)[C@H](n2cnc3c(N(C)C)nc(N)nc32)O1)Oc1ccccc1. The second-order valence-corrected chi connectivity index (χ2v) is 11.2. The fourth-order valence-corrected chi connectivity index (χ4v) is 5.43. The Morgan fingerprint density at radius 2 is 2.00 bits per heavy atom. The Balaban J connectivity index is 1.50. The van der Waals surface area contributed by atoms with Gasteiger partial charge in [0.2, 0.25) is 5.95 Å². The van der Waals surface area contributed by atoms with Crippen LogP contribution in [-0.4, -0.2) is 70.2 Å². The normalized spacial score (nSPS) is 19.7. The van der Waals surface area contributed by atoms with Crippen LogP contribution in [0.5, 0.6) is 5.75 Å². The van der Waals surface area contributed by atoms with E-state index >= 15 is 0 Å². The minimum atomic E-state index is -4.07. The molecule has 1 unspecified atom stereocenters. The van der Waals surface area contributed by atoms with Crippen molar-refractivity contribution >= 4 is 42.4 Å². The molecule has 1 saturated heterocycles. The van der Waals surface area contributed by atoms with Gasteiger partial charge in [-0.3, -0.25) is 13.9 Å². The van der Waals surface area contributed by atoms with Crippen LogP contribution in [-0.2, 0) is 23.4 Å². The Morgan fingerprint density at radius 1 is 1.28 bits per heavy atom. The molecule has 3 heterocycles. The lowest BCUT2D eigenvalue weighted by atomic mass is 10.2. The molecule has 1 aliphatic heterocycles. The van der Waals surface area contributed by atoms with Crippen molar-refractivity contribution in [3.8, 4) is 5.75 Å². The summed E-state index contributed by atoms with van der Waals surface area (Å²) in [7, 11) is -0.444. The van der Waals surface area contributed by atoms with E-state index in [9.17, 15) is 9.36 Å². The number of benzene rings is 1. The van der Waals surface area contributed by atoms with Gasteiger partial charge in [-0.15, -0.1) is 0 Å². The van der Waals surface area contributed by atoms with Crippen LogP contribution in [0.3, 0.4) is 0 Å². The lowest BCUT2D eigenvalue weighted by Crippen LogP contribution is -2.36. The largest absolute Gasteiger partial charge is 0.462 e. The third kappa shape index (κ3) is 6.71. The summed E-state index contributed by atoms with van der Waals surface area (Å²) in [6.07, 6.45) is -0.0983. The monoisotopic (exact) mass is 560 g/mol. The van der Waals surface area contributed by atoms with Crippen molar-refractivity contribution in [3.63, 3.8) is 0 Å². The highest BCUT2D eigenvalue weighted by Gasteiger charge is 2.38. The van der Waals surface area contributed by atoms with Crippen LogP contribution in [0, 0.1) is 5.41 Å². The average molecular weight is 561 g/mol. The number of carbonyl (C=O) groups is 1. The zero-order valence-corrected chi connectivity index (χ0v) is 23.3. The highest BCUT2D eigenvalue weighted by atomic mass is 31.2. The van der Waals surface area contributed by atoms with Crippen molar-refractivity contribution < 1.29 is 27.9 Å². The number of nitrogens with two attached hydrogens (primary N) is 1. The summed E-state index contributed by atoms with van der Waals surface area (Å²) in [6, 6.07) is 7.47. The standard InChI is InChI=1S/C24H33N8O6P/c1-14(2)36-23(33)15(3)30-39(34,38-16-9-7-6-8-10-16)35-12-17-11-18(25)22(37-17)32-13-27-19-20(31(4)5)28-24(26)29-21(19)32/h6-10,13-15,17,22,25H,11-12H2,1-5H3,(H,30,34)(H2,26,28,29)/t15-,17-,22+,39?/m0/s1. The molecule has 0 bridgehead atoms. The van der Waals surface area contributed by atoms with Gasteiger partial charge in [0.05, 0.1) is 30.9 Å². The predicted molar refractivity (Wildman–Crippen MR) is 145 cm³/mol. The zero-order valence-electron chi connectivity index (χ0n) is 22.4. The Bertz CT molecular complexity index is 1380. The number of nitrogens with zero attached hydrogens (tertiary/aromatic N) is 5. The molecule has 15 heteroatoms. The number of carbonyl (C=O) groups excluding carboxylic acids is 1. The molecule has 4 rings (SSSR count). The number of hydrogen-bond acceptors (Lipinski definition) is 12. The number of fused-ring (bicyclic) bond motifs is 1. The number of para-hydroxylation sites is 1. The molecule has 39 heavy (non-hydrogen) atoms. The number of ether oxygens (including phenoxy) is 2. The van der Waals surface area contributed by atoms with Crippen LogP contribution in [0.1, 0.15) is 33.4 Å². The smallest absolute Gasteiger partial charge is 0.459 e. The maximum Gasteiger partial charge on any atom is 0.459 e. The predicted octanol–water partition coefficient (Wildman–Crippen LogP) is 2.92. The topological polar surface area (TPSA) is 180 Å². The summed E-state index contributed by atoms with van der Waals surface area (Å²) in [4.78, 5) is 27.1. The third-order valence-corrected chi connectivity index (χ3v) is 7.26. The quantitative estimate of drug-likeness (QED) is 0.231. The Hall–Kier alpha value is -3.58. The first-order valence-electron chi connectivity index (χ1n) is 12.3. The van der Waals surface area contributed by atoms with Crippen molar-refractivity contribution in [2.24, 2.45) is 0 Å². The van der Waals surface area contributed by atoms with E-state index in [0.717, 1.165) is 0 Å². The Morgan fingerprint density at radius 3 is 2.67 bits per heavy atom. The second kappa shape index (κ2) is 11.7. The van der Waals surface area contributed by atoms with E-state index in [1.807, 2.05) is 14.1 Å². The minimum Gasteiger partial charge on any atom is -0.462 e. The minimum absolute atomic E-state index is 0.0625. The second-order valence-electron chi connectivity index (χ2n) is 9.50. The summed E-state index contributed by atoms with van der Waals surface area (Å²) in [5, 5.41) is 11.2. The van der Waals surface area contributed by atoms with Crippen molar-refractivity contribution in [2.75, 3.05) is 31.3 Å².